The molecule has 4 saturated carbocycles. The molecule has 9 nitrogen and oxygen atoms in total. The van der Waals surface area contributed by atoms with Gasteiger partial charge in [-0.15, -0.1) is 0 Å². The molecule has 5 aliphatic rings. The van der Waals surface area contributed by atoms with Gasteiger partial charge in [-0.25, -0.2) is 4.98 Å². The predicted molar refractivity (Wildman–Crippen MR) is 133 cm³/mol. The van der Waals surface area contributed by atoms with Crippen LogP contribution in [0.2, 0.25) is 0 Å². The number of nitrogens with two attached hydrogens (primary N) is 1. The fraction of sp³-hybridized carbons (Fsp3) is 0.519. The molecule has 1 aliphatic heterocycles. The zero-order valence-corrected chi connectivity index (χ0v) is 20.3. The van der Waals surface area contributed by atoms with Gasteiger partial charge in [-0.1, -0.05) is 12.1 Å². The average Bonchev–Trinajstić information content (AvgIpc) is 3.34. The highest BCUT2D eigenvalue weighted by Gasteiger charge is 2.59. The van der Waals surface area contributed by atoms with E-state index in [-0.39, 0.29) is 34.8 Å². The number of primary amides is 1. The summed E-state index contributed by atoms with van der Waals surface area (Å²) in [6.45, 7) is 0.692. The normalized spacial score (nSPS) is 32.3. The Morgan fingerprint density at radius 1 is 0.917 bits per heavy atom. The number of carbonyl (C=O) groups excluding carboxylic acids is 3. The lowest BCUT2D eigenvalue weighted by atomic mass is 9.49. The first-order valence-electron chi connectivity index (χ1n) is 12.9. The van der Waals surface area contributed by atoms with E-state index in [1.165, 1.54) is 0 Å². The van der Waals surface area contributed by atoms with E-state index in [1.54, 1.807) is 24.4 Å². The summed E-state index contributed by atoms with van der Waals surface area (Å²) in [7, 11) is 0. The van der Waals surface area contributed by atoms with Crippen LogP contribution in [0.3, 0.4) is 0 Å². The van der Waals surface area contributed by atoms with Crippen molar-refractivity contribution in [2.75, 3.05) is 11.4 Å². The molecule has 0 spiro atoms. The summed E-state index contributed by atoms with van der Waals surface area (Å²) < 4.78 is 0. The van der Waals surface area contributed by atoms with Crippen molar-refractivity contribution in [2.24, 2.45) is 17.6 Å². The van der Waals surface area contributed by atoms with Crippen molar-refractivity contribution in [3.05, 3.63) is 54.0 Å². The second-order valence-electron chi connectivity index (χ2n) is 11.3. The first-order chi connectivity index (χ1) is 17.3. The minimum absolute atomic E-state index is 0.150. The predicted octanol–water partition coefficient (Wildman–Crippen LogP) is 2.18. The lowest BCUT2D eigenvalue weighted by Crippen LogP contribution is -2.70. The highest BCUT2D eigenvalue weighted by molar-refractivity contribution is 5.94. The maximum absolute atomic E-state index is 13.5. The first kappa shape index (κ1) is 22.9. The molecule has 1 saturated heterocycles. The SMILES string of the molecule is NC(=O)[C@@H]1CCCN1c1cccc(C(=O)NC23CC4CC(CC(NC(=O)c5ccccn5)(C4)C2)C3)n1. The van der Waals surface area contributed by atoms with E-state index < -0.39 is 0 Å². The topological polar surface area (TPSA) is 130 Å². The van der Waals surface area contributed by atoms with Crippen LogP contribution in [0.1, 0.15) is 72.3 Å². The number of carbonyl (C=O) groups is 3. The van der Waals surface area contributed by atoms with E-state index in [2.05, 4.69) is 20.6 Å². The lowest BCUT2D eigenvalue weighted by molar-refractivity contribution is -0.119. The van der Waals surface area contributed by atoms with Crippen LogP contribution < -0.4 is 21.3 Å². The molecule has 36 heavy (non-hydrogen) atoms. The number of hydrogen-bond donors (Lipinski definition) is 3. The van der Waals surface area contributed by atoms with E-state index in [1.807, 2.05) is 23.1 Å². The smallest absolute Gasteiger partial charge is 0.270 e. The Labute approximate surface area is 210 Å². The number of nitrogens with one attached hydrogen (secondary N) is 2. The zero-order chi connectivity index (χ0) is 24.9. The molecule has 4 bridgehead atoms. The molecule has 2 aromatic rings. The second kappa shape index (κ2) is 8.57. The van der Waals surface area contributed by atoms with Crippen LogP contribution in [0, 0.1) is 11.8 Å². The Bertz CT molecular complexity index is 1190. The Balaban J connectivity index is 1.21. The van der Waals surface area contributed by atoms with Crippen molar-refractivity contribution < 1.29 is 14.4 Å². The minimum Gasteiger partial charge on any atom is -0.368 e. The molecule has 188 valence electrons. The maximum Gasteiger partial charge on any atom is 0.270 e. The van der Waals surface area contributed by atoms with E-state index in [0.29, 0.717) is 48.4 Å². The summed E-state index contributed by atoms with van der Waals surface area (Å²) >= 11 is 0. The van der Waals surface area contributed by atoms with E-state index in [9.17, 15) is 14.4 Å². The van der Waals surface area contributed by atoms with Crippen molar-refractivity contribution in [3.63, 3.8) is 0 Å². The quantitative estimate of drug-likeness (QED) is 0.571. The van der Waals surface area contributed by atoms with Gasteiger partial charge in [0, 0.05) is 23.8 Å². The molecule has 5 fully saturated rings. The molecule has 0 aromatic carbocycles. The van der Waals surface area contributed by atoms with Gasteiger partial charge in [0.2, 0.25) is 5.91 Å². The molecular weight excluding hydrogens is 456 g/mol. The fourth-order valence-corrected chi connectivity index (χ4v) is 7.71. The highest BCUT2D eigenvalue weighted by Crippen LogP contribution is 2.57. The Kier molecular flexibility index (Phi) is 5.46. The van der Waals surface area contributed by atoms with Crippen molar-refractivity contribution in [1.29, 1.82) is 0 Å². The zero-order valence-electron chi connectivity index (χ0n) is 20.3. The minimum atomic E-state index is -0.387. The molecule has 2 aromatic heterocycles. The number of nitrogens with zero attached hydrogens (tertiary/aromatic N) is 3. The summed E-state index contributed by atoms with van der Waals surface area (Å²) in [6, 6.07) is 10.3. The Morgan fingerprint density at radius 2 is 1.58 bits per heavy atom. The van der Waals surface area contributed by atoms with Crippen LogP contribution >= 0.6 is 0 Å². The molecule has 9 heteroatoms. The number of amides is 3. The summed E-state index contributed by atoms with van der Waals surface area (Å²) in [5.41, 5.74) is 5.65. The van der Waals surface area contributed by atoms with Gasteiger partial charge in [0.05, 0.1) is 0 Å². The molecule has 4 N–H and O–H groups in total. The van der Waals surface area contributed by atoms with Gasteiger partial charge in [0.25, 0.3) is 11.8 Å². The van der Waals surface area contributed by atoms with Crippen molar-refractivity contribution in [3.8, 4) is 0 Å². The second-order valence-corrected chi connectivity index (χ2v) is 11.3. The van der Waals surface area contributed by atoms with Gasteiger partial charge < -0.3 is 21.3 Å². The number of anilines is 1. The summed E-state index contributed by atoms with van der Waals surface area (Å²) in [5.74, 6) is 0.818. The van der Waals surface area contributed by atoms with Crippen LogP contribution in [-0.4, -0.2) is 51.4 Å². The van der Waals surface area contributed by atoms with Gasteiger partial charge in [-0.3, -0.25) is 19.4 Å². The monoisotopic (exact) mass is 488 g/mol. The number of rotatable bonds is 6. The van der Waals surface area contributed by atoms with Crippen LogP contribution in [0.4, 0.5) is 5.82 Å². The van der Waals surface area contributed by atoms with Crippen LogP contribution in [0.15, 0.2) is 42.6 Å². The van der Waals surface area contributed by atoms with Gasteiger partial charge in [0.1, 0.15) is 23.2 Å². The highest BCUT2D eigenvalue weighted by atomic mass is 16.2. The molecule has 7 rings (SSSR count). The van der Waals surface area contributed by atoms with Gasteiger partial charge in [0.15, 0.2) is 0 Å². The van der Waals surface area contributed by atoms with Crippen molar-refractivity contribution in [2.45, 2.75) is 68.5 Å². The van der Waals surface area contributed by atoms with Gasteiger partial charge in [-0.05, 0) is 87.5 Å². The van der Waals surface area contributed by atoms with Gasteiger partial charge in [-0.2, -0.15) is 0 Å². The summed E-state index contributed by atoms with van der Waals surface area (Å²) in [5, 5.41) is 6.67. The fourth-order valence-electron chi connectivity index (χ4n) is 7.71. The van der Waals surface area contributed by atoms with Crippen LogP contribution in [0.25, 0.3) is 0 Å². The lowest BCUT2D eigenvalue weighted by Gasteiger charge is -2.62. The third-order valence-corrected chi connectivity index (χ3v) is 8.56. The molecule has 3 amide bonds. The first-order valence-corrected chi connectivity index (χ1v) is 12.9. The van der Waals surface area contributed by atoms with E-state index >= 15 is 0 Å². The Hall–Kier alpha value is -3.49. The Morgan fingerprint density at radius 3 is 2.22 bits per heavy atom. The summed E-state index contributed by atoms with van der Waals surface area (Å²) in [6.07, 6.45) is 8.79. The third kappa shape index (κ3) is 4.10. The van der Waals surface area contributed by atoms with E-state index in [4.69, 9.17) is 5.73 Å². The molecular formula is C27H32N6O3. The molecule has 4 aliphatic carbocycles. The van der Waals surface area contributed by atoms with E-state index in [0.717, 1.165) is 38.5 Å². The molecule has 0 radical (unpaired) electrons. The largest absolute Gasteiger partial charge is 0.368 e. The van der Waals surface area contributed by atoms with Crippen LogP contribution in [0.5, 0.6) is 0 Å². The molecule has 2 unspecified atom stereocenters. The number of aromatic nitrogens is 2. The van der Waals surface area contributed by atoms with Crippen LogP contribution in [-0.2, 0) is 4.79 Å². The molecule has 3 heterocycles. The standard InChI is InChI=1S/C27H32N6O3/c28-23(34)21-7-4-10-33(21)22-8-3-6-20(30-22)25(36)32-27-14-17-11-18(15-27)13-26(12-17,16-27)31-24(35)19-5-1-2-9-29-19/h1-3,5-6,8-9,17-18,21H,4,7,10-16H2,(H2,28,34)(H,31,35)(H,32,36)/t17?,18?,21-,26?,27?/m0/s1. The third-order valence-electron chi connectivity index (χ3n) is 8.56. The summed E-state index contributed by atoms with van der Waals surface area (Å²) in [4.78, 5) is 49.1. The number of hydrogen-bond acceptors (Lipinski definition) is 6. The maximum atomic E-state index is 13.5. The molecule has 3 atom stereocenters. The van der Waals surface area contributed by atoms with Gasteiger partial charge >= 0.3 is 0 Å². The average molecular weight is 489 g/mol. The van der Waals surface area contributed by atoms with Crippen molar-refractivity contribution in [1.82, 2.24) is 20.6 Å². The van der Waals surface area contributed by atoms with Crippen molar-refractivity contribution >= 4 is 23.5 Å². The number of pyridine rings is 2.